The van der Waals surface area contributed by atoms with E-state index in [0.29, 0.717) is 17.8 Å². The van der Waals surface area contributed by atoms with Crippen LogP contribution in [0.4, 0.5) is 17.1 Å². The predicted octanol–water partition coefficient (Wildman–Crippen LogP) is 5.74. The summed E-state index contributed by atoms with van der Waals surface area (Å²) in [7, 11) is -2.18. The number of nitrogens with zero attached hydrogens (tertiary/aromatic N) is 6. The van der Waals surface area contributed by atoms with Crippen molar-refractivity contribution in [3.8, 4) is 11.6 Å². The number of hydrogen-bond donors (Lipinski definition) is 2. The maximum Gasteiger partial charge on any atom is 0.255 e. The van der Waals surface area contributed by atoms with Gasteiger partial charge in [0.2, 0.25) is 10.0 Å². The van der Waals surface area contributed by atoms with Crippen molar-refractivity contribution in [3.05, 3.63) is 88.9 Å². The lowest BCUT2D eigenvalue weighted by atomic mass is 9.86. The number of hydrogen-bond acceptors (Lipinski definition) is 9. The Labute approximate surface area is 257 Å². The number of aryl methyl sites for hydroxylation is 1. The first-order valence-corrected chi connectivity index (χ1v) is 15.9. The molecule has 2 N–H and O–H groups in total. The van der Waals surface area contributed by atoms with Gasteiger partial charge in [-0.05, 0) is 66.8 Å². The second-order valence-electron chi connectivity index (χ2n) is 11.8. The molecule has 0 saturated carbocycles. The minimum atomic E-state index is -3.61. The maximum absolute atomic E-state index is 13.6. The van der Waals surface area contributed by atoms with Crippen LogP contribution in [-0.4, -0.2) is 49.0 Å². The zero-order chi connectivity index (χ0) is 31.8. The molecule has 1 aliphatic rings. The van der Waals surface area contributed by atoms with Crippen molar-refractivity contribution in [2.24, 2.45) is 10.3 Å². The number of aromatic nitrogens is 3. The zero-order valence-electron chi connectivity index (χ0n) is 25.8. The van der Waals surface area contributed by atoms with Crippen LogP contribution in [0.2, 0.25) is 0 Å². The molecular formula is C31H36N8O4S. The third-order valence-electron chi connectivity index (χ3n) is 7.37. The molecule has 44 heavy (non-hydrogen) atoms. The van der Waals surface area contributed by atoms with Crippen molar-refractivity contribution in [2.75, 3.05) is 35.0 Å². The molecule has 2 aromatic carbocycles. The second kappa shape index (κ2) is 11.7. The van der Waals surface area contributed by atoms with Crippen LogP contribution in [0.3, 0.4) is 0 Å². The first-order valence-electron chi connectivity index (χ1n) is 14.0. The first kappa shape index (κ1) is 30.7. The highest BCUT2D eigenvalue weighted by molar-refractivity contribution is 7.92. The van der Waals surface area contributed by atoms with Crippen LogP contribution < -0.4 is 19.8 Å². The highest BCUT2D eigenvalue weighted by atomic mass is 32.2. The van der Waals surface area contributed by atoms with Gasteiger partial charge >= 0.3 is 0 Å². The average molecular weight is 617 g/mol. The van der Waals surface area contributed by atoms with Gasteiger partial charge in [-0.1, -0.05) is 38.1 Å². The van der Waals surface area contributed by atoms with Crippen LogP contribution in [0.15, 0.2) is 71.3 Å². The van der Waals surface area contributed by atoms with Gasteiger partial charge in [0.1, 0.15) is 6.04 Å². The van der Waals surface area contributed by atoms with E-state index < -0.39 is 10.0 Å². The van der Waals surface area contributed by atoms with E-state index in [1.807, 2.05) is 58.9 Å². The van der Waals surface area contributed by atoms with Gasteiger partial charge in [-0.15, -0.1) is 0 Å². The van der Waals surface area contributed by atoms with E-state index in [0.717, 1.165) is 40.1 Å². The molecule has 2 aromatic heterocycles. The lowest BCUT2D eigenvalue weighted by molar-refractivity contribution is 0.102. The maximum atomic E-state index is 13.6. The molecule has 4 aromatic rings. The second-order valence-corrected chi connectivity index (χ2v) is 13.5. The number of amides is 1. The fraction of sp³-hybridized carbons (Fsp3) is 0.323. The lowest BCUT2D eigenvalue weighted by Crippen LogP contribution is -2.20. The standard InChI is InChI=1S/C31H36N8O4S/c1-19-11-12-21(30(40)34-24-15-22(31(3,4)5)16-25(29(24)43-6)36-44(7,41)42)14-27(19)38-18-26(35-37-38)23-17-33-39(20(23)2)28-10-8-9-13-32-28/h8-17,26,36H,18H2,1-7H3,(H,34,40). The fourth-order valence-corrected chi connectivity index (χ4v) is 5.55. The molecular weight excluding hydrogens is 580 g/mol. The van der Waals surface area contributed by atoms with Gasteiger partial charge in [-0.3, -0.25) is 9.52 Å². The van der Waals surface area contributed by atoms with Gasteiger partial charge < -0.3 is 10.1 Å². The summed E-state index contributed by atoms with van der Waals surface area (Å²) in [5.41, 5.74) is 5.00. The number of anilines is 3. The van der Waals surface area contributed by atoms with Gasteiger partial charge in [-0.2, -0.15) is 10.2 Å². The third kappa shape index (κ3) is 6.42. The Morgan fingerprint density at radius 2 is 1.82 bits per heavy atom. The van der Waals surface area contributed by atoms with Crippen LogP contribution in [0.1, 0.15) is 59.6 Å². The Hall–Kier alpha value is -4.78. The van der Waals surface area contributed by atoms with Crippen molar-refractivity contribution in [3.63, 3.8) is 0 Å². The van der Waals surface area contributed by atoms with Crippen LogP contribution in [-0.2, 0) is 15.4 Å². The van der Waals surface area contributed by atoms with Gasteiger partial charge in [0.15, 0.2) is 11.6 Å². The molecule has 13 heteroatoms. The van der Waals surface area contributed by atoms with E-state index in [2.05, 4.69) is 30.5 Å². The Bertz CT molecular complexity index is 1850. The minimum absolute atomic E-state index is 0.210. The Morgan fingerprint density at radius 1 is 1.07 bits per heavy atom. The molecule has 0 spiro atoms. The summed E-state index contributed by atoms with van der Waals surface area (Å²) < 4.78 is 34.0. The van der Waals surface area contributed by atoms with E-state index >= 15 is 0 Å². The molecule has 1 atom stereocenters. The summed E-state index contributed by atoms with van der Waals surface area (Å²) in [5.74, 6) is 0.546. The molecule has 0 saturated heterocycles. The molecule has 0 bridgehead atoms. The molecule has 12 nitrogen and oxygen atoms in total. The molecule has 0 radical (unpaired) electrons. The molecule has 1 amide bonds. The van der Waals surface area contributed by atoms with Crippen LogP contribution in [0.5, 0.6) is 5.75 Å². The zero-order valence-corrected chi connectivity index (χ0v) is 26.6. The smallest absolute Gasteiger partial charge is 0.255 e. The van der Waals surface area contributed by atoms with Crippen molar-refractivity contribution < 1.29 is 17.9 Å². The number of methoxy groups -OCH3 is 1. The molecule has 5 rings (SSSR count). The number of benzene rings is 2. The lowest BCUT2D eigenvalue weighted by Gasteiger charge is -2.24. The summed E-state index contributed by atoms with van der Waals surface area (Å²) in [5, 5.41) is 18.2. The van der Waals surface area contributed by atoms with E-state index in [4.69, 9.17) is 4.74 Å². The van der Waals surface area contributed by atoms with Crippen molar-refractivity contribution in [2.45, 2.75) is 46.1 Å². The summed E-state index contributed by atoms with van der Waals surface area (Å²) in [6.07, 6.45) is 4.58. The fourth-order valence-electron chi connectivity index (χ4n) is 5.00. The number of rotatable bonds is 8. The SMILES string of the molecule is COc1c(NC(=O)c2ccc(C)c(N3CC(c4cnn(-c5ccccn5)c4C)N=N3)c2)cc(C(C)(C)C)cc1NS(C)(=O)=O. The quantitative estimate of drug-likeness (QED) is 0.257. The van der Waals surface area contributed by atoms with E-state index in [1.54, 1.807) is 46.3 Å². The van der Waals surface area contributed by atoms with Gasteiger partial charge in [0, 0.05) is 23.0 Å². The number of ether oxygens (including phenoxy) is 1. The summed E-state index contributed by atoms with van der Waals surface area (Å²) in [6, 6.07) is 14.3. The van der Waals surface area contributed by atoms with E-state index in [9.17, 15) is 13.2 Å². The molecule has 0 aliphatic carbocycles. The van der Waals surface area contributed by atoms with Crippen LogP contribution in [0.25, 0.3) is 5.82 Å². The monoisotopic (exact) mass is 616 g/mol. The van der Waals surface area contributed by atoms with Crippen molar-refractivity contribution in [1.82, 2.24) is 14.8 Å². The first-order chi connectivity index (χ1) is 20.7. The summed E-state index contributed by atoms with van der Waals surface area (Å²) in [4.78, 5) is 18.0. The van der Waals surface area contributed by atoms with Crippen molar-refractivity contribution in [1.29, 1.82) is 0 Å². The molecule has 230 valence electrons. The third-order valence-corrected chi connectivity index (χ3v) is 7.96. The van der Waals surface area contributed by atoms with Gasteiger partial charge in [-0.25, -0.2) is 23.1 Å². The normalized spacial score (nSPS) is 15.0. The Kier molecular flexibility index (Phi) is 8.17. The number of carbonyl (C=O) groups is 1. The Balaban J connectivity index is 1.40. The van der Waals surface area contributed by atoms with Gasteiger partial charge in [0.05, 0.1) is 43.2 Å². The molecule has 1 unspecified atom stereocenters. The predicted molar refractivity (Wildman–Crippen MR) is 170 cm³/mol. The van der Waals surface area contributed by atoms with E-state index in [-0.39, 0.29) is 28.8 Å². The highest BCUT2D eigenvalue weighted by Gasteiger charge is 2.28. The number of sulfonamides is 1. The van der Waals surface area contributed by atoms with Gasteiger partial charge in [0.25, 0.3) is 5.91 Å². The highest BCUT2D eigenvalue weighted by Crippen LogP contribution is 2.40. The van der Waals surface area contributed by atoms with Crippen molar-refractivity contribution >= 4 is 33.0 Å². The number of pyridine rings is 1. The van der Waals surface area contributed by atoms with E-state index in [1.165, 1.54) is 7.11 Å². The Morgan fingerprint density at radius 3 is 2.48 bits per heavy atom. The number of nitrogens with one attached hydrogen (secondary N) is 2. The van der Waals surface area contributed by atoms with Crippen LogP contribution >= 0.6 is 0 Å². The molecule has 0 fully saturated rings. The summed E-state index contributed by atoms with van der Waals surface area (Å²) >= 11 is 0. The topological polar surface area (TPSA) is 143 Å². The van der Waals surface area contributed by atoms with Crippen LogP contribution in [0, 0.1) is 13.8 Å². The largest absolute Gasteiger partial charge is 0.492 e. The summed E-state index contributed by atoms with van der Waals surface area (Å²) in [6.45, 7) is 10.4. The number of carbonyl (C=O) groups excluding carboxylic acids is 1. The average Bonchev–Trinajstić information content (AvgIpc) is 3.59. The molecule has 1 aliphatic heterocycles. The minimum Gasteiger partial charge on any atom is -0.492 e. The molecule has 3 heterocycles.